The normalized spacial score (nSPS) is 11.1. The first-order valence-electron chi connectivity index (χ1n) is 7.08. The predicted octanol–water partition coefficient (Wildman–Crippen LogP) is 3.29. The van der Waals surface area contributed by atoms with Crippen LogP contribution in [-0.4, -0.2) is 29.6 Å². The molecule has 0 saturated carbocycles. The number of carbonyl (C=O) groups excluding carboxylic acids is 1. The van der Waals surface area contributed by atoms with Gasteiger partial charge in [-0.2, -0.15) is 4.98 Å². The fourth-order valence-electron chi connectivity index (χ4n) is 2.24. The Morgan fingerprint density at radius 3 is 3.05 bits per heavy atom. The Bertz CT molecular complexity index is 778. The van der Waals surface area contributed by atoms with E-state index in [2.05, 4.69) is 10.1 Å². The number of aryl methyl sites for hydroxylation is 1. The van der Waals surface area contributed by atoms with Crippen molar-refractivity contribution in [2.24, 2.45) is 0 Å². The predicted molar refractivity (Wildman–Crippen MR) is 84.4 cm³/mol. The van der Waals surface area contributed by atoms with Crippen LogP contribution in [0.1, 0.15) is 28.5 Å². The molecule has 0 fully saturated rings. The van der Waals surface area contributed by atoms with Crippen LogP contribution >= 0.6 is 11.3 Å². The summed E-state index contributed by atoms with van der Waals surface area (Å²) in [5.41, 5.74) is 0.778. The van der Waals surface area contributed by atoms with Crippen molar-refractivity contribution in [2.75, 3.05) is 13.7 Å². The van der Waals surface area contributed by atoms with Crippen molar-refractivity contribution in [2.45, 2.75) is 19.3 Å². The minimum absolute atomic E-state index is 0.106. The molecule has 3 rings (SSSR count). The van der Waals surface area contributed by atoms with Gasteiger partial charge in [0.05, 0.1) is 6.61 Å². The van der Waals surface area contributed by atoms with E-state index in [0.717, 1.165) is 15.6 Å². The molecule has 114 valence electrons. The van der Waals surface area contributed by atoms with Crippen molar-refractivity contribution >= 4 is 27.2 Å². The number of rotatable bonds is 7. The standard InChI is InChI=1S/C16H16N2O3S/c1-20-9-8-15-17-16(21-18-15)7-6-13(19)12-10-22-14-5-3-2-4-11(12)14/h2-5,10H,6-9H2,1H3. The van der Waals surface area contributed by atoms with Crippen LogP contribution in [-0.2, 0) is 17.6 Å². The molecule has 0 atom stereocenters. The number of benzene rings is 1. The van der Waals surface area contributed by atoms with Gasteiger partial charge in [0, 0.05) is 47.4 Å². The van der Waals surface area contributed by atoms with Gasteiger partial charge in [-0.05, 0) is 6.07 Å². The topological polar surface area (TPSA) is 65.2 Å². The van der Waals surface area contributed by atoms with Crippen LogP contribution in [0.25, 0.3) is 10.1 Å². The van der Waals surface area contributed by atoms with Crippen molar-refractivity contribution in [3.8, 4) is 0 Å². The van der Waals surface area contributed by atoms with E-state index in [4.69, 9.17) is 9.26 Å². The van der Waals surface area contributed by atoms with Crippen molar-refractivity contribution < 1.29 is 14.1 Å². The molecule has 0 radical (unpaired) electrons. The monoisotopic (exact) mass is 316 g/mol. The summed E-state index contributed by atoms with van der Waals surface area (Å²) in [5.74, 6) is 1.22. The summed E-state index contributed by atoms with van der Waals surface area (Å²) < 4.78 is 11.2. The smallest absolute Gasteiger partial charge is 0.227 e. The third kappa shape index (κ3) is 3.23. The highest BCUT2D eigenvalue weighted by atomic mass is 32.1. The van der Waals surface area contributed by atoms with Crippen molar-refractivity contribution in [1.29, 1.82) is 0 Å². The van der Waals surface area contributed by atoms with E-state index in [1.165, 1.54) is 0 Å². The van der Waals surface area contributed by atoms with E-state index in [1.54, 1.807) is 18.4 Å². The molecule has 0 amide bonds. The minimum atomic E-state index is 0.106. The second-order valence-electron chi connectivity index (χ2n) is 4.92. The van der Waals surface area contributed by atoms with Crippen LogP contribution in [0.3, 0.4) is 0 Å². The van der Waals surface area contributed by atoms with Gasteiger partial charge in [0.25, 0.3) is 0 Å². The van der Waals surface area contributed by atoms with Gasteiger partial charge in [-0.15, -0.1) is 11.3 Å². The molecule has 0 unspecified atom stereocenters. The average Bonchev–Trinajstić information content (AvgIpc) is 3.17. The van der Waals surface area contributed by atoms with Gasteiger partial charge in [0.15, 0.2) is 11.6 Å². The molecule has 5 nitrogen and oxygen atoms in total. The molecule has 3 aromatic rings. The fraction of sp³-hybridized carbons (Fsp3) is 0.312. The van der Waals surface area contributed by atoms with Gasteiger partial charge in [-0.1, -0.05) is 23.4 Å². The molecule has 0 aliphatic heterocycles. The fourth-order valence-corrected chi connectivity index (χ4v) is 3.20. The maximum atomic E-state index is 12.4. The largest absolute Gasteiger partial charge is 0.384 e. The summed E-state index contributed by atoms with van der Waals surface area (Å²) in [4.78, 5) is 16.6. The Hall–Kier alpha value is -2.05. The first-order chi connectivity index (χ1) is 10.8. The molecule has 0 N–H and O–H groups in total. The van der Waals surface area contributed by atoms with Gasteiger partial charge < -0.3 is 9.26 Å². The summed E-state index contributed by atoms with van der Waals surface area (Å²) >= 11 is 1.59. The Labute approximate surface area is 131 Å². The average molecular weight is 316 g/mol. The molecule has 0 bridgehead atoms. The van der Waals surface area contributed by atoms with Gasteiger partial charge in [0.1, 0.15) is 0 Å². The summed E-state index contributed by atoms with van der Waals surface area (Å²) in [7, 11) is 1.63. The van der Waals surface area contributed by atoms with Gasteiger partial charge in [-0.3, -0.25) is 4.79 Å². The summed E-state index contributed by atoms with van der Waals surface area (Å²) in [6.45, 7) is 0.554. The van der Waals surface area contributed by atoms with Crippen LogP contribution in [0.4, 0.5) is 0 Å². The number of hydrogen-bond donors (Lipinski definition) is 0. The Balaban J connectivity index is 1.63. The maximum Gasteiger partial charge on any atom is 0.227 e. The van der Waals surface area contributed by atoms with Crippen molar-refractivity contribution in [3.63, 3.8) is 0 Å². The molecule has 2 heterocycles. The zero-order valence-corrected chi connectivity index (χ0v) is 13.1. The van der Waals surface area contributed by atoms with Crippen LogP contribution < -0.4 is 0 Å². The number of ether oxygens (including phenoxy) is 1. The number of nitrogens with zero attached hydrogens (tertiary/aromatic N) is 2. The van der Waals surface area contributed by atoms with E-state index < -0.39 is 0 Å². The number of ketones is 1. The SMILES string of the molecule is COCCc1noc(CCC(=O)c2csc3ccccc23)n1. The van der Waals surface area contributed by atoms with Crippen LogP contribution in [0, 0.1) is 0 Å². The number of hydrogen-bond acceptors (Lipinski definition) is 6. The Morgan fingerprint density at radius 2 is 2.18 bits per heavy atom. The van der Waals surface area contributed by atoms with E-state index in [0.29, 0.717) is 37.6 Å². The zero-order chi connectivity index (χ0) is 15.4. The number of carbonyl (C=O) groups is 1. The summed E-state index contributed by atoms with van der Waals surface area (Å²) in [6, 6.07) is 7.93. The number of aromatic nitrogens is 2. The quantitative estimate of drug-likeness (QED) is 0.626. The van der Waals surface area contributed by atoms with Gasteiger partial charge in [-0.25, -0.2) is 0 Å². The molecular weight excluding hydrogens is 300 g/mol. The van der Waals surface area contributed by atoms with Gasteiger partial charge in [0.2, 0.25) is 5.89 Å². The highest BCUT2D eigenvalue weighted by Crippen LogP contribution is 2.26. The number of thiophene rings is 1. The second-order valence-corrected chi connectivity index (χ2v) is 5.83. The zero-order valence-electron chi connectivity index (χ0n) is 12.2. The number of methoxy groups -OCH3 is 1. The minimum Gasteiger partial charge on any atom is -0.384 e. The van der Waals surface area contributed by atoms with Crippen LogP contribution in [0.15, 0.2) is 34.2 Å². The number of fused-ring (bicyclic) bond motifs is 1. The highest BCUT2D eigenvalue weighted by Gasteiger charge is 2.14. The van der Waals surface area contributed by atoms with E-state index >= 15 is 0 Å². The van der Waals surface area contributed by atoms with E-state index in [1.807, 2.05) is 29.6 Å². The van der Waals surface area contributed by atoms with Crippen LogP contribution in [0.5, 0.6) is 0 Å². The maximum absolute atomic E-state index is 12.4. The van der Waals surface area contributed by atoms with Gasteiger partial charge >= 0.3 is 0 Å². The van der Waals surface area contributed by atoms with Crippen molar-refractivity contribution in [1.82, 2.24) is 10.1 Å². The van der Waals surface area contributed by atoms with E-state index in [9.17, 15) is 4.79 Å². The molecule has 2 aromatic heterocycles. The molecule has 0 saturated heterocycles. The molecule has 0 aliphatic carbocycles. The Morgan fingerprint density at radius 1 is 1.32 bits per heavy atom. The molecule has 0 spiro atoms. The molecular formula is C16H16N2O3S. The first kappa shape index (κ1) is 14.9. The molecule has 0 aliphatic rings. The third-order valence-corrected chi connectivity index (χ3v) is 4.35. The lowest BCUT2D eigenvalue weighted by atomic mass is 10.1. The second kappa shape index (κ2) is 6.81. The lowest BCUT2D eigenvalue weighted by Gasteiger charge is -1.97. The summed E-state index contributed by atoms with van der Waals surface area (Å²) in [6.07, 6.45) is 1.44. The van der Waals surface area contributed by atoms with Crippen molar-refractivity contribution in [3.05, 3.63) is 46.9 Å². The molecule has 1 aromatic carbocycles. The first-order valence-corrected chi connectivity index (χ1v) is 7.95. The molecule has 6 heteroatoms. The number of Topliss-reactive ketones (excluding diaryl/α,β-unsaturated/α-hetero) is 1. The summed E-state index contributed by atoms with van der Waals surface area (Å²) in [5, 5.41) is 6.81. The van der Waals surface area contributed by atoms with Crippen LogP contribution in [0.2, 0.25) is 0 Å². The molecule has 22 heavy (non-hydrogen) atoms. The Kier molecular flexibility index (Phi) is 4.60. The third-order valence-electron chi connectivity index (χ3n) is 3.39. The lowest BCUT2D eigenvalue weighted by Crippen LogP contribution is -2.01. The lowest BCUT2D eigenvalue weighted by molar-refractivity contribution is 0.0981. The highest BCUT2D eigenvalue weighted by molar-refractivity contribution is 7.17. The van der Waals surface area contributed by atoms with E-state index in [-0.39, 0.29) is 5.78 Å².